The fourth-order valence-electron chi connectivity index (χ4n) is 1.61. The summed E-state index contributed by atoms with van der Waals surface area (Å²) in [5.74, 6) is 1.71. The molecular formula is C11H15NO. The number of benzene rings is 1. The summed E-state index contributed by atoms with van der Waals surface area (Å²) in [4.78, 5) is 0. The van der Waals surface area contributed by atoms with Gasteiger partial charge in [0.05, 0.1) is 6.61 Å². The molecule has 1 fully saturated rings. The lowest BCUT2D eigenvalue weighted by Crippen LogP contribution is -2.40. The number of ether oxygens (including phenoxy) is 1. The molecule has 70 valence electrons. The fraction of sp³-hybridized carbons (Fsp3) is 0.455. The molecule has 1 aliphatic rings. The first kappa shape index (κ1) is 8.57. The van der Waals surface area contributed by atoms with E-state index in [4.69, 9.17) is 4.74 Å². The quantitative estimate of drug-likeness (QED) is 0.759. The van der Waals surface area contributed by atoms with Crippen LogP contribution in [0.25, 0.3) is 0 Å². The highest BCUT2D eigenvalue weighted by molar-refractivity contribution is 5.37. The summed E-state index contributed by atoms with van der Waals surface area (Å²) in [6.45, 7) is 4.95. The molecule has 2 nitrogen and oxygen atoms in total. The largest absolute Gasteiger partial charge is 0.494 e. The van der Waals surface area contributed by atoms with Gasteiger partial charge in [0, 0.05) is 19.0 Å². The Labute approximate surface area is 78.9 Å². The van der Waals surface area contributed by atoms with Gasteiger partial charge >= 0.3 is 0 Å². The minimum Gasteiger partial charge on any atom is -0.494 e. The van der Waals surface area contributed by atoms with Crippen molar-refractivity contribution in [2.75, 3.05) is 19.7 Å². The molecule has 0 radical (unpaired) electrons. The standard InChI is InChI=1S/C11H15NO/c1-2-13-11-6-4-3-5-10(11)9-7-12-8-9/h3-6,9,12H,2,7-8H2,1H3. The smallest absolute Gasteiger partial charge is 0.122 e. The third-order valence-electron chi connectivity index (χ3n) is 2.44. The molecular weight excluding hydrogens is 162 g/mol. The monoisotopic (exact) mass is 177 g/mol. The van der Waals surface area contributed by atoms with E-state index in [0.29, 0.717) is 5.92 Å². The van der Waals surface area contributed by atoms with E-state index in [-0.39, 0.29) is 0 Å². The molecule has 1 saturated heterocycles. The van der Waals surface area contributed by atoms with E-state index >= 15 is 0 Å². The molecule has 1 N–H and O–H groups in total. The molecule has 0 unspecified atom stereocenters. The maximum atomic E-state index is 5.57. The van der Waals surface area contributed by atoms with E-state index in [9.17, 15) is 0 Å². The topological polar surface area (TPSA) is 21.3 Å². The highest BCUT2D eigenvalue weighted by atomic mass is 16.5. The van der Waals surface area contributed by atoms with E-state index in [1.165, 1.54) is 5.56 Å². The number of para-hydroxylation sites is 1. The lowest BCUT2D eigenvalue weighted by atomic mass is 9.93. The van der Waals surface area contributed by atoms with E-state index < -0.39 is 0 Å². The number of hydrogen-bond acceptors (Lipinski definition) is 2. The van der Waals surface area contributed by atoms with Crippen LogP contribution >= 0.6 is 0 Å². The van der Waals surface area contributed by atoms with Gasteiger partial charge in [-0.15, -0.1) is 0 Å². The van der Waals surface area contributed by atoms with Crippen molar-refractivity contribution in [3.8, 4) is 5.75 Å². The van der Waals surface area contributed by atoms with Crippen molar-refractivity contribution < 1.29 is 4.74 Å². The average Bonchev–Trinajstić information content (AvgIpc) is 2.05. The summed E-state index contributed by atoms with van der Waals surface area (Å²) in [6.07, 6.45) is 0. The molecule has 0 aliphatic carbocycles. The van der Waals surface area contributed by atoms with Crippen molar-refractivity contribution in [3.05, 3.63) is 29.8 Å². The maximum Gasteiger partial charge on any atom is 0.122 e. The summed E-state index contributed by atoms with van der Waals surface area (Å²) in [7, 11) is 0. The lowest BCUT2D eigenvalue weighted by Gasteiger charge is -2.28. The summed E-state index contributed by atoms with van der Waals surface area (Å²) >= 11 is 0. The predicted octanol–water partition coefficient (Wildman–Crippen LogP) is 1.77. The van der Waals surface area contributed by atoms with E-state index in [1.54, 1.807) is 0 Å². The molecule has 0 spiro atoms. The van der Waals surface area contributed by atoms with Crippen LogP contribution in [0.2, 0.25) is 0 Å². The molecule has 1 aromatic rings. The van der Waals surface area contributed by atoms with Gasteiger partial charge in [0.15, 0.2) is 0 Å². The van der Waals surface area contributed by atoms with Crippen LogP contribution in [0.3, 0.4) is 0 Å². The molecule has 0 bridgehead atoms. The zero-order valence-corrected chi connectivity index (χ0v) is 7.92. The van der Waals surface area contributed by atoms with Gasteiger partial charge in [-0.25, -0.2) is 0 Å². The van der Waals surface area contributed by atoms with Gasteiger partial charge in [0.2, 0.25) is 0 Å². The normalized spacial score (nSPS) is 16.7. The molecule has 0 atom stereocenters. The second-order valence-electron chi connectivity index (χ2n) is 3.33. The van der Waals surface area contributed by atoms with Gasteiger partial charge in [-0.2, -0.15) is 0 Å². The Hall–Kier alpha value is -1.02. The molecule has 0 amide bonds. The van der Waals surface area contributed by atoms with Gasteiger partial charge in [-0.05, 0) is 18.6 Å². The minimum atomic E-state index is 0.655. The lowest BCUT2D eigenvalue weighted by molar-refractivity contribution is 0.327. The Morgan fingerprint density at radius 2 is 2.15 bits per heavy atom. The van der Waals surface area contributed by atoms with Crippen LogP contribution in [0.15, 0.2) is 24.3 Å². The fourth-order valence-corrected chi connectivity index (χ4v) is 1.61. The van der Waals surface area contributed by atoms with Crippen LogP contribution in [0, 0.1) is 0 Å². The van der Waals surface area contributed by atoms with Crippen LogP contribution in [-0.2, 0) is 0 Å². The van der Waals surface area contributed by atoms with Crippen molar-refractivity contribution in [2.45, 2.75) is 12.8 Å². The Bertz CT molecular complexity index is 281. The highest BCUT2D eigenvalue weighted by Crippen LogP contribution is 2.28. The first-order valence-electron chi connectivity index (χ1n) is 4.84. The van der Waals surface area contributed by atoms with Crippen molar-refractivity contribution in [1.82, 2.24) is 5.32 Å². The molecule has 0 saturated carbocycles. The van der Waals surface area contributed by atoms with E-state index in [2.05, 4.69) is 23.5 Å². The second kappa shape index (κ2) is 3.79. The van der Waals surface area contributed by atoms with Crippen LogP contribution in [0.4, 0.5) is 0 Å². The van der Waals surface area contributed by atoms with Crippen molar-refractivity contribution in [2.24, 2.45) is 0 Å². The SMILES string of the molecule is CCOc1ccccc1C1CNC1. The third kappa shape index (κ3) is 1.68. The Morgan fingerprint density at radius 3 is 2.77 bits per heavy atom. The zero-order valence-electron chi connectivity index (χ0n) is 7.92. The molecule has 2 heteroatoms. The molecule has 1 heterocycles. The van der Waals surface area contributed by atoms with Crippen LogP contribution in [-0.4, -0.2) is 19.7 Å². The van der Waals surface area contributed by atoms with Gasteiger partial charge in [-0.1, -0.05) is 18.2 Å². The predicted molar refractivity (Wildman–Crippen MR) is 53.2 cm³/mol. The van der Waals surface area contributed by atoms with Gasteiger partial charge in [0.25, 0.3) is 0 Å². The Kier molecular flexibility index (Phi) is 2.50. The summed E-state index contributed by atoms with van der Waals surface area (Å²) < 4.78 is 5.57. The summed E-state index contributed by atoms with van der Waals surface area (Å²) in [5, 5.41) is 3.27. The van der Waals surface area contributed by atoms with E-state index in [0.717, 1.165) is 25.4 Å². The van der Waals surface area contributed by atoms with E-state index in [1.807, 2.05) is 13.0 Å². The molecule has 1 aliphatic heterocycles. The van der Waals surface area contributed by atoms with Crippen molar-refractivity contribution in [1.29, 1.82) is 0 Å². The van der Waals surface area contributed by atoms with Crippen LogP contribution in [0.1, 0.15) is 18.4 Å². The van der Waals surface area contributed by atoms with Crippen LogP contribution < -0.4 is 10.1 Å². The first-order chi connectivity index (χ1) is 6.42. The first-order valence-corrected chi connectivity index (χ1v) is 4.84. The zero-order chi connectivity index (χ0) is 9.10. The maximum absolute atomic E-state index is 5.57. The third-order valence-corrected chi connectivity index (χ3v) is 2.44. The summed E-state index contributed by atoms with van der Waals surface area (Å²) in [5.41, 5.74) is 1.35. The second-order valence-corrected chi connectivity index (χ2v) is 3.33. The molecule has 2 rings (SSSR count). The number of rotatable bonds is 3. The highest BCUT2D eigenvalue weighted by Gasteiger charge is 2.21. The average molecular weight is 177 g/mol. The van der Waals surface area contributed by atoms with Gasteiger partial charge in [-0.3, -0.25) is 0 Å². The molecule has 13 heavy (non-hydrogen) atoms. The van der Waals surface area contributed by atoms with Gasteiger partial charge < -0.3 is 10.1 Å². The van der Waals surface area contributed by atoms with Crippen LogP contribution in [0.5, 0.6) is 5.75 Å². The Balaban J connectivity index is 2.20. The molecule has 0 aromatic heterocycles. The minimum absolute atomic E-state index is 0.655. The summed E-state index contributed by atoms with van der Waals surface area (Å²) in [6, 6.07) is 8.32. The van der Waals surface area contributed by atoms with Crippen molar-refractivity contribution >= 4 is 0 Å². The van der Waals surface area contributed by atoms with Gasteiger partial charge in [0.1, 0.15) is 5.75 Å². The van der Waals surface area contributed by atoms with Crippen molar-refractivity contribution in [3.63, 3.8) is 0 Å². The number of hydrogen-bond donors (Lipinski definition) is 1. The number of nitrogens with one attached hydrogen (secondary N) is 1. The Morgan fingerprint density at radius 1 is 1.38 bits per heavy atom. The molecule has 1 aromatic carbocycles.